The monoisotopic (exact) mass is 379 g/mol. The number of carbonyl (C=O) groups is 1. The second-order valence-electron chi connectivity index (χ2n) is 6.63. The van der Waals surface area contributed by atoms with Crippen molar-refractivity contribution in [1.29, 1.82) is 0 Å². The third-order valence-corrected chi connectivity index (χ3v) is 4.71. The Balaban J connectivity index is 1.91. The molecule has 0 spiro atoms. The summed E-state index contributed by atoms with van der Waals surface area (Å²) in [6, 6.07) is 12.7. The van der Waals surface area contributed by atoms with Gasteiger partial charge in [0.1, 0.15) is 0 Å². The number of amides is 1. The number of aromatic amines is 1. The molecular formula is C21H21N3O2S. The maximum atomic E-state index is 12.6. The molecule has 6 heteroatoms. The summed E-state index contributed by atoms with van der Waals surface area (Å²) in [5.41, 5.74) is 2.71. The molecule has 2 N–H and O–H groups in total. The third-order valence-electron chi connectivity index (χ3n) is 4.39. The predicted octanol–water partition coefficient (Wildman–Crippen LogP) is 4.62. The number of allylic oxidation sites excluding steroid dienone is 1. The topological polar surface area (TPSA) is 66.9 Å². The Hall–Kier alpha value is -2.99. The van der Waals surface area contributed by atoms with Crippen molar-refractivity contribution in [3.05, 3.63) is 81.4 Å². The molecule has 5 nitrogen and oxygen atoms in total. The number of rotatable bonds is 5. The first-order valence-electron chi connectivity index (χ1n) is 8.70. The van der Waals surface area contributed by atoms with Crippen molar-refractivity contribution in [2.24, 2.45) is 0 Å². The van der Waals surface area contributed by atoms with Crippen LogP contribution in [0.1, 0.15) is 35.7 Å². The van der Waals surface area contributed by atoms with E-state index in [-0.39, 0.29) is 11.5 Å². The zero-order chi connectivity index (χ0) is 19.6. The fourth-order valence-electron chi connectivity index (χ4n) is 2.85. The number of nitrogens with one attached hydrogen (secondary N) is 2. The molecule has 138 valence electrons. The number of nitrogens with zero attached hydrogens (tertiary/aromatic N) is 1. The van der Waals surface area contributed by atoms with E-state index in [1.807, 2.05) is 24.3 Å². The summed E-state index contributed by atoms with van der Waals surface area (Å²) in [6.07, 6.45) is 1.61. The Morgan fingerprint density at radius 2 is 1.96 bits per heavy atom. The molecule has 3 rings (SSSR count). The van der Waals surface area contributed by atoms with Crippen molar-refractivity contribution in [3.8, 4) is 0 Å². The summed E-state index contributed by atoms with van der Waals surface area (Å²) >= 11 is 5.24. The highest BCUT2D eigenvalue weighted by atomic mass is 32.1. The van der Waals surface area contributed by atoms with E-state index in [2.05, 4.69) is 30.7 Å². The second kappa shape index (κ2) is 7.72. The molecule has 1 amide bonds. The molecule has 3 aromatic rings. The van der Waals surface area contributed by atoms with Crippen LogP contribution in [0.15, 0.2) is 59.9 Å². The molecule has 0 unspecified atom stereocenters. The van der Waals surface area contributed by atoms with Gasteiger partial charge in [0.15, 0.2) is 4.77 Å². The maximum Gasteiger partial charge on any atom is 0.262 e. The van der Waals surface area contributed by atoms with Gasteiger partial charge in [-0.3, -0.25) is 14.2 Å². The number of aromatic nitrogens is 2. The molecule has 0 bridgehead atoms. The van der Waals surface area contributed by atoms with Gasteiger partial charge in [-0.1, -0.05) is 32.1 Å². The van der Waals surface area contributed by atoms with Gasteiger partial charge in [-0.15, -0.1) is 6.58 Å². The van der Waals surface area contributed by atoms with Gasteiger partial charge < -0.3 is 10.3 Å². The summed E-state index contributed by atoms with van der Waals surface area (Å²) in [5, 5.41) is 3.35. The van der Waals surface area contributed by atoms with E-state index in [4.69, 9.17) is 12.2 Å². The Kier molecular flexibility index (Phi) is 5.37. The van der Waals surface area contributed by atoms with Gasteiger partial charge in [0.25, 0.3) is 11.5 Å². The van der Waals surface area contributed by atoms with Gasteiger partial charge in [-0.2, -0.15) is 0 Å². The molecule has 2 aromatic carbocycles. The predicted molar refractivity (Wildman–Crippen MR) is 112 cm³/mol. The highest BCUT2D eigenvalue weighted by Crippen LogP contribution is 2.18. The van der Waals surface area contributed by atoms with Crippen molar-refractivity contribution in [2.75, 3.05) is 5.32 Å². The van der Waals surface area contributed by atoms with E-state index in [1.54, 1.807) is 24.3 Å². The van der Waals surface area contributed by atoms with Crippen molar-refractivity contribution in [1.82, 2.24) is 9.55 Å². The summed E-state index contributed by atoms with van der Waals surface area (Å²) in [7, 11) is 0. The van der Waals surface area contributed by atoms with E-state index >= 15 is 0 Å². The fourth-order valence-corrected chi connectivity index (χ4v) is 3.11. The van der Waals surface area contributed by atoms with Crippen molar-refractivity contribution in [2.45, 2.75) is 26.3 Å². The zero-order valence-corrected chi connectivity index (χ0v) is 16.1. The molecule has 1 heterocycles. The SMILES string of the molecule is C=CCn1c(=S)[nH]c2cc(C(=O)Nc3ccc(C(C)C)cc3)ccc2c1=O. The van der Waals surface area contributed by atoms with Crippen LogP contribution in [0.25, 0.3) is 10.9 Å². The lowest BCUT2D eigenvalue weighted by Gasteiger charge is -2.10. The van der Waals surface area contributed by atoms with Crippen LogP contribution in [0, 0.1) is 4.77 Å². The Bertz CT molecular complexity index is 1120. The molecule has 27 heavy (non-hydrogen) atoms. The molecule has 0 aliphatic rings. The average molecular weight is 379 g/mol. The van der Waals surface area contributed by atoms with Crippen LogP contribution in [0.2, 0.25) is 0 Å². The normalized spacial score (nSPS) is 10.9. The minimum Gasteiger partial charge on any atom is -0.332 e. The van der Waals surface area contributed by atoms with Crippen molar-refractivity contribution < 1.29 is 4.79 Å². The molecule has 0 aliphatic heterocycles. The Morgan fingerprint density at radius 3 is 2.59 bits per heavy atom. The molecule has 0 aliphatic carbocycles. The van der Waals surface area contributed by atoms with E-state index < -0.39 is 0 Å². The molecular weight excluding hydrogens is 358 g/mol. The maximum absolute atomic E-state index is 12.6. The van der Waals surface area contributed by atoms with Crippen LogP contribution in [-0.4, -0.2) is 15.5 Å². The zero-order valence-electron chi connectivity index (χ0n) is 15.3. The first kappa shape index (κ1) is 18.8. The minimum absolute atomic E-state index is 0.204. The first-order valence-corrected chi connectivity index (χ1v) is 9.10. The first-order chi connectivity index (χ1) is 12.9. The molecule has 0 fully saturated rings. The number of hydrogen-bond donors (Lipinski definition) is 2. The van der Waals surface area contributed by atoms with Crippen LogP contribution in [0.3, 0.4) is 0 Å². The smallest absolute Gasteiger partial charge is 0.262 e. The number of H-pyrrole nitrogens is 1. The highest BCUT2D eigenvalue weighted by molar-refractivity contribution is 7.71. The van der Waals surface area contributed by atoms with Crippen molar-refractivity contribution >= 4 is 34.7 Å². The Labute approximate surface area is 162 Å². The van der Waals surface area contributed by atoms with E-state index in [9.17, 15) is 9.59 Å². The number of carbonyl (C=O) groups excluding carboxylic acids is 1. The molecule has 0 saturated heterocycles. The van der Waals surface area contributed by atoms with Crippen LogP contribution >= 0.6 is 12.2 Å². The lowest BCUT2D eigenvalue weighted by Crippen LogP contribution is -2.22. The molecule has 1 aromatic heterocycles. The largest absolute Gasteiger partial charge is 0.332 e. The summed E-state index contributed by atoms with van der Waals surface area (Å²) < 4.78 is 1.73. The van der Waals surface area contributed by atoms with Crippen LogP contribution in [-0.2, 0) is 6.54 Å². The van der Waals surface area contributed by atoms with Crippen molar-refractivity contribution in [3.63, 3.8) is 0 Å². The number of anilines is 1. The molecule has 0 atom stereocenters. The van der Waals surface area contributed by atoms with Gasteiger partial charge in [0, 0.05) is 17.8 Å². The van der Waals surface area contributed by atoms with E-state index in [0.717, 1.165) is 5.69 Å². The van der Waals surface area contributed by atoms with E-state index in [1.165, 1.54) is 10.1 Å². The van der Waals surface area contributed by atoms with Gasteiger partial charge in [0.05, 0.1) is 10.9 Å². The minimum atomic E-state index is -0.246. The quantitative estimate of drug-likeness (QED) is 0.502. The summed E-state index contributed by atoms with van der Waals surface area (Å²) in [5.74, 6) is 0.187. The van der Waals surface area contributed by atoms with Crippen LogP contribution in [0.4, 0.5) is 5.69 Å². The average Bonchev–Trinajstić information content (AvgIpc) is 2.65. The van der Waals surface area contributed by atoms with Gasteiger partial charge in [-0.25, -0.2) is 0 Å². The second-order valence-corrected chi connectivity index (χ2v) is 7.01. The third kappa shape index (κ3) is 3.90. The number of benzene rings is 2. The summed E-state index contributed by atoms with van der Waals surface area (Å²) in [4.78, 5) is 28.1. The standard InChI is InChI=1S/C21H21N3O2S/c1-4-11-24-20(26)17-10-7-15(12-18(17)23-21(24)27)19(25)22-16-8-5-14(6-9-16)13(2)3/h4-10,12-13H,1,11H2,2-3H3,(H,22,25)(H,23,27). The van der Waals surface area contributed by atoms with Crippen LogP contribution < -0.4 is 10.9 Å². The van der Waals surface area contributed by atoms with Gasteiger partial charge in [0.2, 0.25) is 0 Å². The van der Waals surface area contributed by atoms with Gasteiger partial charge in [-0.05, 0) is 54.0 Å². The molecule has 0 radical (unpaired) electrons. The fraction of sp³-hybridized carbons (Fsp3) is 0.190. The summed E-state index contributed by atoms with van der Waals surface area (Å²) in [6.45, 7) is 8.21. The highest BCUT2D eigenvalue weighted by Gasteiger charge is 2.11. The molecule has 0 saturated carbocycles. The Morgan fingerprint density at radius 1 is 1.26 bits per heavy atom. The number of hydrogen-bond acceptors (Lipinski definition) is 3. The number of fused-ring (bicyclic) bond motifs is 1. The van der Waals surface area contributed by atoms with E-state index in [0.29, 0.717) is 33.7 Å². The van der Waals surface area contributed by atoms with Gasteiger partial charge >= 0.3 is 0 Å². The van der Waals surface area contributed by atoms with Crippen LogP contribution in [0.5, 0.6) is 0 Å². The lowest BCUT2D eigenvalue weighted by atomic mass is 10.0. The lowest BCUT2D eigenvalue weighted by molar-refractivity contribution is 0.102.